The molecule has 0 spiro atoms. The Labute approximate surface area is 122 Å². The third-order valence-corrected chi connectivity index (χ3v) is 3.35. The number of anilines is 1. The summed E-state index contributed by atoms with van der Waals surface area (Å²) in [5.74, 6) is -0.526. The highest BCUT2D eigenvalue weighted by atomic mass is 16.6. The lowest BCUT2D eigenvalue weighted by atomic mass is 9.97. The van der Waals surface area contributed by atoms with E-state index in [1.165, 1.54) is 17.2 Å². The second-order valence-electron chi connectivity index (χ2n) is 4.84. The van der Waals surface area contributed by atoms with Crippen LogP contribution < -0.4 is 5.32 Å². The predicted molar refractivity (Wildman–Crippen MR) is 75.9 cm³/mol. The zero-order chi connectivity index (χ0) is 15.2. The van der Waals surface area contributed by atoms with Gasteiger partial charge in [-0.25, -0.2) is 9.78 Å². The standard InChI is InChI=1S/C14H19N3O4/c1-2-21-14(20)17-8-4-5-10(9-17)13(19)16-12-11(18)6-3-7-15-12/h3,6-7,10,18H,2,4-5,8-9H2,1H3,(H,15,16,19). The third-order valence-electron chi connectivity index (χ3n) is 3.35. The van der Waals surface area contributed by atoms with Crippen LogP contribution in [0.1, 0.15) is 19.8 Å². The van der Waals surface area contributed by atoms with Gasteiger partial charge in [-0.15, -0.1) is 0 Å². The van der Waals surface area contributed by atoms with Crippen molar-refractivity contribution < 1.29 is 19.4 Å². The zero-order valence-electron chi connectivity index (χ0n) is 11.9. The van der Waals surface area contributed by atoms with Gasteiger partial charge in [-0.3, -0.25) is 4.79 Å². The van der Waals surface area contributed by atoms with Crippen LogP contribution in [0, 0.1) is 5.92 Å². The van der Waals surface area contributed by atoms with Gasteiger partial charge in [0, 0.05) is 19.3 Å². The fraction of sp³-hybridized carbons (Fsp3) is 0.500. The van der Waals surface area contributed by atoms with Crippen molar-refractivity contribution in [2.75, 3.05) is 25.0 Å². The minimum atomic E-state index is -0.393. The van der Waals surface area contributed by atoms with Crippen LogP contribution in [0.3, 0.4) is 0 Å². The molecule has 2 amide bonds. The Morgan fingerprint density at radius 3 is 3.10 bits per heavy atom. The van der Waals surface area contributed by atoms with E-state index in [2.05, 4.69) is 10.3 Å². The summed E-state index contributed by atoms with van der Waals surface area (Å²) in [6, 6.07) is 3.03. The first kappa shape index (κ1) is 15.1. The third kappa shape index (κ3) is 3.84. The van der Waals surface area contributed by atoms with Crippen LogP contribution in [0.25, 0.3) is 0 Å². The molecule has 1 fully saturated rings. The molecule has 2 N–H and O–H groups in total. The first-order chi connectivity index (χ1) is 10.1. The molecule has 0 radical (unpaired) electrons. The van der Waals surface area contributed by atoms with E-state index in [9.17, 15) is 14.7 Å². The summed E-state index contributed by atoms with van der Waals surface area (Å²) in [6.45, 7) is 2.97. The van der Waals surface area contributed by atoms with Crippen LogP contribution in [0.5, 0.6) is 5.75 Å². The number of carbonyl (C=O) groups excluding carboxylic acids is 2. The Balaban J connectivity index is 1.96. The van der Waals surface area contributed by atoms with Crippen molar-refractivity contribution in [1.82, 2.24) is 9.88 Å². The number of likely N-dealkylation sites (tertiary alicyclic amines) is 1. The number of piperidine rings is 1. The number of nitrogens with zero attached hydrogens (tertiary/aromatic N) is 2. The monoisotopic (exact) mass is 293 g/mol. The van der Waals surface area contributed by atoms with Crippen LogP contribution in [-0.4, -0.2) is 46.7 Å². The molecule has 1 aliphatic heterocycles. The van der Waals surface area contributed by atoms with Crippen molar-refractivity contribution in [2.45, 2.75) is 19.8 Å². The number of nitrogens with one attached hydrogen (secondary N) is 1. The first-order valence-electron chi connectivity index (χ1n) is 6.98. The second-order valence-corrected chi connectivity index (χ2v) is 4.84. The molecule has 0 aromatic carbocycles. The Bertz CT molecular complexity index is 521. The van der Waals surface area contributed by atoms with Gasteiger partial charge >= 0.3 is 6.09 Å². The van der Waals surface area contributed by atoms with E-state index in [4.69, 9.17) is 4.74 Å². The molecule has 114 valence electrons. The maximum atomic E-state index is 12.2. The van der Waals surface area contributed by atoms with Gasteiger partial charge in [-0.05, 0) is 31.9 Å². The molecule has 1 saturated heterocycles. The summed E-state index contributed by atoms with van der Waals surface area (Å²) in [5, 5.41) is 12.2. The van der Waals surface area contributed by atoms with E-state index in [0.29, 0.717) is 26.1 Å². The first-order valence-corrected chi connectivity index (χ1v) is 6.98. The van der Waals surface area contributed by atoms with Gasteiger partial charge in [-0.2, -0.15) is 0 Å². The average Bonchev–Trinajstić information content (AvgIpc) is 2.50. The molecule has 0 saturated carbocycles. The van der Waals surface area contributed by atoms with Crippen molar-refractivity contribution in [3.63, 3.8) is 0 Å². The van der Waals surface area contributed by atoms with Gasteiger partial charge in [0.25, 0.3) is 0 Å². The van der Waals surface area contributed by atoms with Crippen LogP contribution >= 0.6 is 0 Å². The molecule has 2 heterocycles. The normalized spacial score (nSPS) is 18.1. The van der Waals surface area contributed by atoms with Gasteiger partial charge < -0.3 is 20.1 Å². The molecule has 1 unspecified atom stereocenters. The summed E-state index contributed by atoms with van der Waals surface area (Å²) in [6.07, 6.45) is 2.53. The number of carbonyl (C=O) groups is 2. The van der Waals surface area contributed by atoms with Gasteiger partial charge in [0.05, 0.1) is 12.5 Å². The minimum absolute atomic E-state index is 0.0797. The van der Waals surface area contributed by atoms with Crippen molar-refractivity contribution in [1.29, 1.82) is 0 Å². The van der Waals surface area contributed by atoms with Crippen LogP contribution in [0.15, 0.2) is 18.3 Å². The molecule has 1 atom stereocenters. The summed E-state index contributed by atoms with van der Waals surface area (Å²) >= 11 is 0. The molecular weight excluding hydrogens is 274 g/mol. The highest BCUT2D eigenvalue weighted by Crippen LogP contribution is 2.22. The fourth-order valence-corrected chi connectivity index (χ4v) is 2.28. The lowest BCUT2D eigenvalue weighted by Crippen LogP contribution is -2.44. The number of amides is 2. The molecule has 1 aromatic rings. The van der Waals surface area contributed by atoms with Crippen molar-refractivity contribution in [2.24, 2.45) is 5.92 Å². The fourth-order valence-electron chi connectivity index (χ4n) is 2.28. The number of ether oxygens (including phenoxy) is 1. The van der Waals surface area contributed by atoms with Gasteiger partial charge in [0.2, 0.25) is 5.91 Å². The number of pyridine rings is 1. The van der Waals surface area contributed by atoms with Gasteiger partial charge in [0.15, 0.2) is 11.6 Å². The van der Waals surface area contributed by atoms with Crippen LogP contribution in [0.2, 0.25) is 0 Å². The highest BCUT2D eigenvalue weighted by molar-refractivity contribution is 5.93. The molecule has 0 aliphatic carbocycles. The molecule has 7 heteroatoms. The summed E-state index contributed by atoms with van der Waals surface area (Å²) in [5.41, 5.74) is 0. The predicted octanol–water partition coefficient (Wildman–Crippen LogP) is 1.59. The quantitative estimate of drug-likeness (QED) is 0.883. The number of hydrogen-bond donors (Lipinski definition) is 2. The molecule has 7 nitrogen and oxygen atoms in total. The van der Waals surface area contributed by atoms with E-state index in [1.54, 1.807) is 13.0 Å². The minimum Gasteiger partial charge on any atom is -0.504 e. The van der Waals surface area contributed by atoms with Crippen molar-refractivity contribution in [3.05, 3.63) is 18.3 Å². The summed E-state index contributed by atoms with van der Waals surface area (Å²) in [4.78, 5) is 29.3. The average molecular weight is 293 g/mol. The van der Waals surface area contributed by atoms with E-state index < -0.39 is 6.09 Å². The maximum Gasteiger partial charge on any atom is 0.409 e. The lowest BCUT2D eigenvalue weighted by Gasteiger charge is -2.31. The second kappa shape index (κ2) is 6.92. The number of aromatic hydroxyl groups is 1. The van der Waals surface area contributed by atoms with E-state index in [1.807, 2.05) is 0 Å². The topological polar surface area (TPSA) is 91.8 Å². The SMILES string of the molecule is CCOC(=O)N1CCCC(C(=O)Nc2ncccc2O)C1. The van der Waals surface area contributed by atoms with E-state index >= 15 is 0 Å². The van der Waals surface area contributed by atoms with Crippen LogP contribution in [-0.2, 0) is 9.53 Å². The zero-order valence-corrected chi connectivity index (χ0v) is 11.9. The smallest absolute Gasteiger partial charge is 0.409 e. The summed E-state index contributed by atoms with van der Waals surface area (Å²) in [7, 11) is 0. The number of hydrogen-bond acceptors (Lipinski definition) is 5. The molecule has 2 rings (SSSR count). The molecule has 1 aliphatic rings. The highest BCUT2D eigenvalue weighted by Gasteiger charge is 2.29. The number of aromatic nitrogens is 1. The van der Waals surface area contributed by atoms with Gasteiger partial charge in [-0.1, -0.05) is 0 Å². The maximum absolute atomic E-state index is 12.2. The Morgan fingerprint density at radius 1 is 1.57 bits per heavy atom. The molecular formula is C14H19N3O4. The largest absolute Gasteiger partial charge is 0.504 e. The Morgan fingerprint density at radius 2 is 2.38 bits per heavy atom. The molecule has 0 bridgehead atoms. The molecule has 21 heavy (non-hydrogen) atoms. The summed E-state index contributed by atoms with van der Waals surface area (Å²) < 4.78 is 4.95. The van der Waals surface area contributed by atoms with Crippen molar-refractivity contribution >= 4 is 17.8 Å². The number of rotatable bonds is 3. The lowest BCUT2D eigenvalue weighted by molar-refractivity contribution is -0.121. The van der Waals surface area contributed by atoms with Crippen LogP contribution in [0.4, 0.5) is 10.6 Å². The van der Waals surface area contributed by atoms with E-state index in [0.717, 1.165) is 6.42 Å². The Kier molecular flexibility index (Phi) is 4.97. The van der Waals surface area contributed by atoms with Gasteiger partial charge in [0.1, 0.15) is 0 Å². The van der Waals surface area contributed by atoms with Crippen molar-refractivity contribution in [3.8, 4) is 5.75 Å². The molecule has 1 aromatic heterocycles. The van der Waals surface area contributed by atoms with E-state index in [-0.39, 0.29) is 23.4 Å². The Hall–Kier alpha value is -2.31.